The molecule has 2 heterocycles. The SMILES string of the molecule is C/C=C/[C@H]1CO[C@H](c2ccc(-c3ccc(F)cc3)nc2)OC1. The minimum absolute atomic E-state index is 0.250. The minimum atomic E-state index is -0.365. The van der Waals surface area contributed by atoms with Crippen molar-refractivity contribution in [3.63, 3.8) is 0 Å². The highest BCUT2D eigenvalue weighted by molar-refractivity contribution is 5.58. The van der Waals surface area contributed by atoms with E-state index >= 15 is 0 Å². The summed E-state index contributed by atoms with van der Waals surface area (Å²) in [6, 6.07) is 10.1. The lowest BCUT2D eigenvalue weighted by molar-refractivity contribution is -0.197. The summed E-state index contributed by atoms with van der Waals surface area (Å²) in [6.07, 6.45) is 5.48. The first-order valence-electron chi connectivity index (χ1n) is 7.34. The molecule has 0 amide bonds. The number of aromatic nitrogens is 1. The van der Waals surface area contributed by atoms with Gasteiger partial charge in [-0.1, -0.05) is 18.2 Å². The van der Waals surface area contributed by atoms with E-state index in [2.05, 4.69) is 11.1 Å². The van der Waals surface area contributed by atoms with Gasteiger partial charge in [-0.15, -0.1) is 0 Å². The molecule has 1 fully saturated rings. The van der Waals surface area contributed by atoms with Gasteiger partial charge in [0.15, 0.2) is 6.29 Å². The molecule has 4 heteroatoms. The number of allylic oxidation sites excluding steroid dienone is 1. The summed E-state index contributed by atoms with van der Waals surface area (Å²) in [5.41, 5.74) is 2.57. The van der Waals surface area contributed by atoms with Crippen LogP contribution in [0.15, 0.2) is 54.7 Å². The second-order valence-electron chi connectivity index (χ2n) is 5.27. The number of pyridine rings is 1. The molecule has 0 bridgehead atoms. The molecule has 0 aliphatic carbocycles. The van der Waals surface area contributed by atoms with E-state index in [1.807, 2.05) is 25.1 Å². The van der Waals surface area contributed by atoms with E-state index in [0.717, 1.165) is 16.8 Å². The quantitative estimate of drug-likeness (QED) is 0.799. The molecule has 0 N–H and O–H groups in total. The molecule has 3 nitrogen and oxygen atoms in total. The summed E-state index contributed by atoms with van der Waals surface area (Å²) in [5.74, 6) is 0.0627. The van der Waals surface area contributed by atoms with Gasteiger partial charge in [0.2, 0.25) is 0 Å². The normalized spacial score (nSPS) is 22.1. The number of hydrogen-bond donors (Lipinski definition) is 0. The molecule has 1 saturated heterocycles. The number of hydrogen-bond acceptors (Lipinski definition) is 3. The fourth-order valence-corrected chi connectivity index (χ4v) is 2.43. The van der Waals surface area contributed by atoms with Gasteiger partial charge in [0.1, 0.15) is 5.82 Å². The smallest absolute Gasteiger partial charge is 0.185 e. The molecule has 0 atom stereocenters. The number of halogens is 1. The number of rotatable bonds is 3. The molecule has 0 unspecified atom stereocenters. The second-order valence-corrected chi connectivity index (χ2v) is 5.27. The van der Waals surface area contributed by atoms with Gasteiger partial charge >= 0.3 is 0 Å². The van der Waals surface area contributed by atoms with E-state index in [1.54, 1.807) is 18.3 Å². The third kappa shape index (κ3) is 3.40. The van der Waals surface area contributed by atoms with Crippen molar-refractivity contribution in [1.82, 2.24) is 4.98 Å². The zero-order chi connectivity index (χ0) is 15.4. The van der Waals surface area contributed by atoms with Crippen LogP contribution >= 0.6 is 0 Å². The van der Waals surface area contributed by atoms with E-state index in [9.17, 15) is 4.39 Å². The van der Waals surface area contributed by atoms with Crippen LogP contribution in [0.1, 0.15) is 18.8 Å². The third-order valence-corrected chi connectivity index (χ3v) is 3.59. The predicted octanol–water partition coefficient (Wildman–Crippen LogP) is 4.13. The fourth-order valence-electron chi connectivity index (χ4n) is 2.43. The highest BCUT2D eigenvalue weighted by Gasteiger charge is 2.22. The maximum Gasteiger partial charge on any atom is 0.185 e. The Kier molecular flexibility index (Phi) is 4.61. The lowest BCUT2D eigenvalue weighted by Gasteiger charge is -2.28. The van der Waals surface area contributed by atoms with Crippen LogP contribution in [0.25, 0.3) is 11.3 Å². The van der Waals surface area contributed by atoms with Crippen LogP contribution in [-0.2, 0) is 9.47 Å². The van der Waals surface area contributed by atoms with Crippen LogP contribution in [0.3, 0.4) is 0 Å². The summed E-state index contributed by atoms with van der Waals surface area (Å²) in [4.78, 5) is 4.41. The van der Waals surface area contributed by atoms with Crippen LogP contribution in [-0.4, -0.2) is 18.2 Å². The topological polar surface area (TPSA) is 31.4 Å². The third-order valence-electron chi connectivity index (χ3n) is 3.59. The maximum atomic E-state index is 12.9. The molecule has 22 heavy (non-hydrogen) atoms. The summed E-state index contributed by atoms with van der Waals surface area (Å²) < 4.78 is 24.4. The van der Waals surface area contributed by atoms with Gasteiger partial charge in [-0.2, -0.15) is 0 Å². The van der Waals surface area contributed by atoms with Gasteiger partial charge in [0.05, 0.1) is 18.9 Å². The van der Waals surface area contributed by atoms with E-state index in [4.69, 9.17) is 9.47 Å². The van der Waals surface area contributed by atoms with Crippen molar-refractivity contribution >= 4 is 0 Å². The van der Waals surface area contributed by atoms with Gasteiger partial charge in [-0.25, -0.2) is 4.39 Å². The van der Waals surface area contributed by atoms with E-state index in [1.165, 1.54) is 12.1 Å². The number of benzene rings is 1. The molecule has 1 aliphatic rings. The molecule has 114 valence electrons. The molecule has 0 spiro atoms. The van der Waals surface area contributed by atoms with Crippen molar-refractivity contribution in [2.24, 2.45) is 5.92 Å². The highest BCUT2D eigenvalue weighted by atomic mass is 19.1. The van der Waals surface area contributed by atoms with Crippen LogP contribution in [0.4, 0.5) is 4.39 Å². The van der Waals surface area contributed by atoms with Crippen molar-refractivity contribution in [1.29, 1.82) is 0 Å². The molecule has 1 aliphatic heterocycles. The number of nitrogens with zero attached hydrogens (tertiary/aromatic N) is 1. The minimum Gasteiger partial charge on any atom is -0.348 e. The molecular formula is C18H18FNO2. The zero-order valence-corrected chi connectivity index (χ0v) is 12.4. The Labute approximate surface area is 129 Å². The van der Waals surface area contributed by atoms with E-state index in [-0.39, 0.29) is 12.1 Å². The Morgan fingerprint density at radius 3 is 2.41 bits per heavy atom. The van der Waals surface area contributed by atoms with Crippen molar-refractivity contribution < 1.29 is 13.9 Å². The van der Waals surface area contributed by atoms with Crippen molar-refractivity contribution in [3.05, 3.63) is 66.1 Å². The summed E-state index contributed by atoms with van der Waals surface area (Å²) >= 11 is 0. The second kappa shape index (κ2) is 6.81. The Balaban J connectivity index is 1.68. The first kappa shape index (κ1) is 14.9. The highest BCUT2D eigenvalue weighted by Crippen LogP contribution is 2.26. The van der Waals surface area contributed by atoms with Gasteiger partial charge < -0.3 is 9.47 Å². The van der Waals surface area contributed by atoms with Crippen LogP contribution < -0.4 is 0 Å². The van der Waals surface area contributed by atoms with Gasteiger partial charge in [-0.3, -0.25) is 4.98 Å². The first-order valence-corrected chi connectivity index (χ1v) is 7.34. The van der Waals surface area contributed by atoms with Gasteiger partial charge in [0.25, 0.3) is 0 Å². The summed E-state index contributed by atoms with van der Waals surface area (Å²) in [6.45, 7) is 3.29. The molecule has 1 aromatic carbocycles. The monoisotopic (exact) mass is 299 g/mol. The average molecular weight is 299 g/mol. The molecule has 0 radical (unpaired) electrons. The molecule has 2 aromatic rings. The van der Waals surface area contributed by atoms with Crippen LogP contribution in [0.2, 0.25) is 0 Å². The Morgan fingerprint density at radius 2 is 1.82 bits per heavy atom. The zero-order valence-electron chi connectivity index (χ0n) is 12.4. The van der Waals surface area contributed by atoms with Crippen molar-refractivity contribution in [2.45, 2.75) is 13.2 Å². The Hall–Kier alpha value is -2.04. The predicted molar refractivity (Wildman–Crippen MR) is 82.6 cm³/mol. The molecule has 3 rings (SSSR count). The largest absolute Gasteiger partial charge is 0.348 e. The molecular weight excluding hydrogens is 281 g/mol. The van der Waals surface area contributed by atoms with Gasteiger partial charge in [0, 0.05) is 23.2 Å². The fraction of sp³-hybridized carbons (Fsp3) is 0.278. The van der Waals surface area contributed by atoms with E-state index < -0.39 is 0 Å². The maximum absolute atomic E-state index is 12.9. The standard InChI is InChI=1S/C18H18FNO2/c1-2-3-13-11-21-18(22-12-13)15-6-9-17(20-10-15)14-4-7-16(19)8-5-14/h2-10,13,18H,11-12H2,1H3/b3-2+/t13-,18-. The molecule has 1 aromatic heterocycles. The lowest BCUT2D eigenvalue weighted by Crippen LogP contribution is -2.25. The van der Waals surface area contributed by atoms with Crippen LogP contribution in [0.5, 0.6) is 0 Å². The summed E-state index contributed by atoms with van der Waals surface area (Å²) in [5, 5.41) is 0. The van der Waals surface area contributed by atoms with Crippen molar-refractivity contribution in [3.8, 4) is 11.3 Å². The first-order chi connectivity index (χ1) is 10.8. The molecule has 0 saturated carbocycles. The van der Waals surface area contributed by atoms with Crippen molar-refractivity contribution in [2.75, 3.05) is 13.2 Å². The number of ether oxygens (including phenoxy) is 2. The average Bonchev–Trinajstić information content (AvgIpc) is 2.57. The Bertz CT molecular complexity index is 629. The van der Waals surface area contributed by atoms with Crippen LogP contribution in [0, 0.1) is 11.7 Å². The van der Waals surface area contributed by atoms with Gasteiger partial charge in [-0.05, 0) is 37.3 Å². The van der Waals surface area contributed by atoms with E-state index in [0.29, 0.717) is 19.1 Å². The summed E-state index contributed by atoms with van der Waals surface area (Å²) in [7, 11) is 0. The lowest BCUT2D eigenvalue weighted by atomic mass is 10.1. The Morgan fingerprint density at radius 1 is 1.09 bits per heavy atom.